The number of esters is 1. The predicted octanol–water partition coefficient (Wildman–Crippen LogP) is 4.71. The van der Waals surface area contributed by atoms with Crippen LogP contribution in [-0.2, 0) is 9.16 Å². The van der Waals surface area contributed by atoms with Gasteiger partial charge in [-0.1, -0.05) is 78.9 Å². The van der Waals surface area contributed by atoms with Crippen LogP contribution in [0.2, 0.25) is 13.1 Å². The zero-order chi connectivity index (χ0) is 19.1. The molecule has 0 saturated heterocycles. The number of carbonyl (C=O) groups excluding carboxylic acids is 1. The summed E-state index contributed by atoms with van der Waals surface area (Å²) in [6.45, 7) is 4.64. The molecule has 0 aliphatic heterocycles. The van der Waals surface area contributed by atoms with Crippen LogP contribution in [0.4, 0.5) is 0 Å². The van der Waals surface area contributed by atoms with Crippen molar-refractivity contribution >= 4 is 19.5 Å². The summed E-state index contributed by atoms with van der Waals surface area (Å²) >= 11 is 0. The van der Waals surface area contributed by atoms with E-state index in [1.165, 1.54) is 5.19 Å². The number of benzene rings is 3. The summed E-state index contributed by atoms with van der Waals surface area (Å²) in [7, 11) is -2.10. The Balaban J connectivity index is 1.76. The second-order valence-corrected chi connectivity index (χ2v) is 10.7. The summed E-state index contributed by atoms with van der Waals surface area (Å²) in [6, 6.07) is 29.1. The lowest BCUT2D eigenvalue weighted by atomic mass is 10.1. The third kappa shape index (κ3) is 5.15. The van der Waals surface area contributed by atoms with E-state index in [0.717, 1.165) is 5.56 Å². The van der Waals surface area contributed by atoms with Crippen LogP contribution in [-0.4, -0.2) is 20.9 Å². The second kappa shape index (κ2) is 8.80. The minimum Gasteiger partial charge on any atom is -0.451 e. The van der Waals surface area contributed by atoms with Gasteiger partial charge in [0.15, 0.2) is 0 Å². The number of ether oxygens (including phenoxy) is 1. The van der Waals surface area contributed by atoms with Crippen LogP contribution in [0.5, 0.6) is 0 Å². The van der Waals surface area contributed by atoms with E-state index in [-0.39, 0.29) is 5.97 Å². The average molecular weight is 377 g/mol. The van der Waals surface area contributed by atoms with Crippen molar-refractivity contribution in [3.8, 4) is 0 Å². The van der Waals surface area contributed by atoms with Gasteiger partial charge in [-0.25, -0.2) is 4.79 Å². The Morgan fingerprint density at radius 3 is 1.93 bits per heavy atom. The van der Waals surface area contributed by atoms with Gasteiger partial charge in [-0.05, 0) is 36.0 Å². The van der Waals surface area contributed by atoms with Gasteiger partial charge >= 0.3 is 5.97 Å². The Morgan fingerprint density at radius 2 is 1.33 bits per heavy atom. The Labute approximate surface area is 161 Å². The van der Waals surface area contributed by atoms with Gasteiger partial charge in [-0.3, -0.25) is 0 Å². The van der Waals surface area contributed by atoms with Gasteiger partial charge < -0.3 is 9.16 Å². The monoisotopic (exact) mass is 376 g/mol. The minimum absolute atomic E-state index is 0.330. The van der Waals surface area contributed by atoms with Gasteiger partial charge in [0, 0.05) is 0 Å². The highest BCUT2D eigenvalue weighted by molar-refractivity contribution is 6.84. The fourth-order valence-corrected chi connectivity index (χ4v) is 4.57. The van der Waals surface area contributed by atoms with Crippen molar-refractivity contribution in [2.45, 2.75) is 19.2 Å². The van der Waals surface area contributed by atoms with Crippen LogP contribution in [0.15, 0.2) is 91.0 Å². The third-order valence-electron chi connectivity index (χ3n) is 4.49. The fourth-order valence-electron chi connectivity index (χ4n) is 2.84. The van der Waals surface area contributed by atoms with Crippen LogP contribution in [0, 0.1) is 0 Å². The van der Waals surface area contributed by atoms with E-state index < -0.39 is 14.4 Å². The van der Waals surface area contributed by atoms with Crippen molar-refractivity contribution in [3.63, 3.8) is 0 Å². The highest BCUT2D eigenvalue weighted by atomic mass is 28.4. The van der Waals surface area contributed by atoms with Gasteiger partial charge in [0.2, 0.25) is 8.32 Å². The molecule has 0 spiro atoms. The molecule has 0 N–H and O–H groups in total. The molecule has 0 bridgehead atoms. The van der Waals surface area contributed by atoms with Gasteiger partial charge in [-0.2, -0.15) is 0 Å². The van der Waals surface area contributed by atoms with E-state index in [1.54, 1.807) is 12.1 Å². The van der Waals surface area contributed by atoms with Crippen molar-refractivity contribution in [2.24, 2.45) is 0 Å². The maximum atomic E-state index is 12.6. The van der Waals surface area contributed by atoms with Gasteiger partial charge in [0.25, 0.3) is 0 Å². The van der Waals surface area contributed by atoms with Crippen LogP contribution in [0.3, 0.4) is 0 Å². The van der Waals surface area contributed by atoms with E-state index in [1.807, 2.05) is 66.7 Å². The van der Waals surface area contributed by atoms with Crippen molar-refractivity contribution in [3.05, 3.63) is 102 Å². The number of hydrogen-bond acceptors (Lipinski definition) is 3. The van der Waals surface area contributed by atoms with Crippen molar-refractivity contribution in [1.29, 1.82) is 0 Å². The molecule has 3 rings (SSSR count). The number of rotatable bonds is 7. The van der Waals surface area contributed by atoms with Crippen LogP contribution >= 0.6 is 0 Å². The number of carbonyl (C=O) groups is 1. The molecule has 1 unspecified atom stereocenters. The topological polar surface area (TPSA) is 35.5 Å². The van der Waals surface area contributed by atoms with Gasteiger partial charge in [0.05, 0.1) is 12.2 Å². The lowest BCUT2D eigenvalue weighted by Gasteiger charge is -2.27. The standard InChI is InChI=1S/C23H24O3Si/c1-27(2,21-16-10-5-11-17-21)25-18-22(19-12-6-3-7-13-19)26-23(24)20-14-8-4-9-15-20/h3-17,22H,18H2,1-2H3. The van der Waals surface area contributed by atoms with Crippen molar-refractivity contribution in [1.82, 2.24) is 0 Å². The molecule has 3 aromatic rings. The molecule has 3 aromatic carbocycles. The first-order chi connectivity index (χ1) is 13.1. The number of hydrogen-bond donors (Lipinski definition) is 0. The molecule has 0 aliphatic carbocycles. The van der Waals surface area contributed by atoms with Crippen molar-refractivity contribution < 1.29 is 14.0 Å². The molecule has 0 saturated carbocycles. The summed E-state index contributed by atoms with van der Waals surface area (Å²) in [5.41, 5.74) is 1.47. The van der Waals surface area contributed by atoms with Gasteiger partial charge in [-0.15, -0.1) is 0 Å². The van der Waals surface area contributed by atoms with Gasteiger partial charge in [0.1, 0.15) is 6.10 Å². The lowest BCUT2D eigenvalue weighted by molar-refractivity contribution is 0.0160. The van der Waals surface area contributed by atoms with E-state index in [4.69, 9.17) is 9.16 Å². The first-order valence-corrected chi connectivity index (χ1v) is 12.0. The minimum atomic E-state index is -2.10. The fraction of sp³-hybridized carbons (Fsp3) is 0.174. The Bertz CT molecular complexity index is 849. The van der Waals surface area contributed by atoms with Crippen LogP contribution in [0.1, 0.15) is 22.0 Å². The molecular weight excluding hydrogens is 352 g/mol. The molecule has 0 aliphatic rings. The third-order valence-corrected chi connectivity index (χ3v) is 7.11. The molecular formula is C23H24O3Si. The molecule has 3 nitrogen and oxygen atoms in total. The SMILES string of the molecule is C[Si](C)(OCC(OC(=O)c1ccccc1)c1ccccc1)c1ccccc1. The van der Waals surface area contributed by atoms with E-state index in [0.29, 0.717) is 12.2 Å². The van der Waals surface area contributed by atoms with Crippen molar-refractivity contribution in [2.75, 3.05) is 6.61 Å². The van der Waals surface area contributed by atoms with E-state index in [9.17, 15) is 4.79 Å². The maximum absolute atomic E-state index is 12.6. The molecule has 0 heterocycles. The second-order valence-electron chi connectivity index (χ2n) is 6.86. The Kier molecular flexibility index (Phi) is 6.22. The molecule has 138 valence electrons. The molecule has 0 amide bonds. The quantitative estimate of drug-likeness (QED) is 0.442. The molecule has 1 atom stereocenters. The predicted molar refractivity (Wildman–Crippen MR) is 111 cm³/mol. The molecule has 0 fully saturated rings. The average Bonchev–Trinajstić information content (AvgIpc) is 2.73. The zero-order valence-electron chi connectivity index (χ0n) is 15.7. The summed E-state index contributed by atoms with van der Waals surface area (Å²) in [4.78, 5) is 12.6. The first kappa shape index (κ1) is 19.1. The summed E-state index contributed by atoms with van der Waals surface area (Å²) in [5.74, 6) is -0.341. The van der Waals surface area contributed by atoms with Crippen LogP contribution in [0.25, 0.3) is 0 Å². The maximum Gasteiger partial charge on any atom is 0.338 e. The Morgan fingerprint density at radius 1 is 0.815 bits per heavy atom. The normalized spacial score (nSPS) is 12.4. The van der Waals surface area contributed by atoms with Crippen LogP contribution < -0.4 is 5.19 Å². The Hall–Kier alpha value is -2.69. The highest BCUT2D eigenvalue weighted by Crippen LogP contribution is 2.21. The van der Waals surface area contributed by atoms with E-state index in [2.05, 4.69) is 25.2 Å². The van der Waals surface area contributed by atoms with E-state index >= 15 is 0 Å². The summed E-state index contributed by atoms with van der Waals surface area (Å²) in [5, 5.41) is 1.21. The smallest absolute Gasteiger partial charge is 0.338 e. The summed E-state index contributed by atoms with van der Waals surface area (Å²) in [6.07, 6.45) is -0.450. The summed E-state index contributed by atoms with van der Waals surface area (Å²) < 4.78 is 12.1. The molecule has 0 radical (unpaired) electrons. The molecule has 4 heteroatoms. The molecule has 0 aromatic heterocycles. The molecule has 27 heavy (non-hydrogen) atoms. The largest absolute Gasteiger partial charge is 0.451 e. The first-order valence-electron chi connectivity index (χ1n) is 9.07. The zero-order valence-corrected chi connectivity index (χ0v) is 16.7. The lowest BCUT2D eigenvalue weighted by Crippen LogP contribution is -2.45. The highest BCUT2D eigenvalue weighted by Gasteiger charge is 2.28.